The Morgan fingerprint density at radius 1 is 1.42 bits per heavy atom. The number of carbonyl (C=O) groups is 1. The standard InChI is InChI=1S/C11H9BrClF3INO/c12-7-1-2-9(17)8(5-7)10(19)18(4-3-13)6-11(14,15)16/h1-2,5H,3-4,6H2. The molecular weight excluding hydrogens is 461 g/mol. The van der Waals surface area contributed by atoms with Crippen molar-refractivity contribution in [1.82, 2.24) is 4.90 Å². The maximum absolute atomic E-state index is 12.4. The highest BCUT2D eigenvalue weighted by Gasteiger charge is 2.33. The van der Waals surface area contributed by atoms with Gasteiger partial charge in [0.1, 0.15) is 6.54 Å². The lowest BCUT2D eigenvalue weighted by molar-refractivity contribution is -0.140. The van der Waals surface area contributed by atoms with Crippen molar-refractivity contribution >= 4 is 56.0 Å². The zero-order chi connectivity index (χ0) is 14.6. The third-order valence-corrected chi connectivity index (χ3v) is 3.77. The highest BCUT2D eigenvalue weighted by atomic mass is 127. The molecule has 0 saturated heterocycles. The Morgan fingerprint density at radius 3 is 2.58 bits per heavy atom. The van der Waals surface area contributed by atoms with Crippen LogP contribution in [-0.2, 0) is 0 Å². The molecule has 0 aliphatic heterocycles. The quantitative estimate of drug-likeness (QED) is 0.475. The van der Waals surface area contributed by atoms with Gasteiger partial charge < -0.3 is 4.90 Å². The summed E-state index contributed by atoms with van der Waals surface area (Å²) in [6.07, 6.45) is -4.45. The molecule has 1 amide bonds. The number of benzene rings is 1. The summed E-state index contributed by atoms with van der Waals surface area (Å²) in [6, 6.07) is 4.88. The van der Waals surface area contributed by atoms with E-state index in [4.69, 9.17) is 11.6 Å². The zero-order valence-corrected chi connectivity index (χ0v) is 14.0. The SMILES string of the molecule is O=C(c1cc(Br)ccc1I)N(CCCl)CC(F)(F)F. The normalized spacial score (nSPS) is 11.5. The van der Waals surface area contributed by atoms with Gasteiger partial charge in [-0.3, -0.25) is 4.79 Å². The Morgan fingerprint density at radius 2 is 2.05 bits per heavy atom. The average Bonchev–Trinajstić information content (AvgIpc) is 2.29. The second-order valence-corrected chi connectivity index (χ2v) is 6.11. The van der Waals surface area contributed by atoms with Crippen LogP contribution in [0.15, 0.2) is 22.7 Å². The zero-order valence-electron chi connectivity index (χ0n) is 9.48. The Balaban J connectivity index is 3.02. The van der Waals surface area contributed by atoms with Gasteiger partial charge in [-0.15, -0.1) is 11.6 Å². The Kier molecular flexibility index (Phi) is 6.38. The first-order chi connectivity index (χ1) is 8.74. The minimum absolute atomic E-state index is 0.0492. The minimum atomic E-state index is -4.45. The summed E-state index contributed by atoms with van der Waals surface area (Å²) in [5, 5.41) is 0. The Bertz CT molecular complexity index is 470. The molecule has 0 aromatic heterocycles. The summed E-state index contributed by atoms with van der Waals surface area (Å²) in [4.78, 5) is 12.8. The van der Waals surface area contributed by atoms with Gasteiger partial charge in [-0.05, 0) is 40.8 Å². The van der Waals surface area contributed by atoms with Crippen molar-refractivity contribution < 1.29 is 18.0 Å². The summed E-state index contributed by atoms with van der Waals surface area (Å²) < 4.78 is 38.5. The Hall–Kier alpha value is -0.0200. The maximum Gasteiger partial charge on any atom is 0.406 e. The monoisotopic (exact) mass is 469 g/mol. The molecule has 19 heavy (non-hydrogen) atoms. The smallest absolute Gasteiger partial charge is 0.328 e. The number of hydrogen-bond donors (Lipinski definition) is 0. The fourth-order valence-electron chi connectivity index (χ4n) is 1.40. The summed E-state index contributed by atoms with van der Waals surface area (Å²) in [6.45, 7) is -1.45. The van der Waals surface area contributed by atoms with Crippen LogP contribution in [0.5, 0.6) is 0 Å². The molecule has 2 nitrogen and oxygen atoms in total. The van der Waals surface area contributed by atoms with E-state index in [0.717, 1.165) is 0 Å². The molecule has 0 fully saturated rings. The third kappa shape index (κ3) is 5.47. The molecule has 106 valence electrons. The molecule has 0 saturated carbocycles. The molecule has 0 spiro atoms. The number of halogens is 6. The van der Waals surface area contributed by atoms with Crippen LogP contribution in [-0.4, -0.2) is 36.0 Å². The molecule has 0 N–H and O–H groups in total. The van der Waals surface area contributed by atoms with Gasteiger partial charge in [0.05, 0.1) is 5.56 Å². The first-order valence-electron chi connectivity index (χ1n) is 5.11. The van der Waals surface area contributed by atoms with Crippen molar-refractivity contribution in [1.29, 1.82) is 0 Å². The number of carbonyl (C=O) groups excluding carboxylic acids is 1. The average molecular weight is 470 g/mol. The summed E-state index contributed by atoms with van der Waals surface area (Å²) in [5.41, 5.74) is 0.226. The van der Waals surface area contributed by atoms with Crippen LogP contribution in [0.1, 0.15) is 10.4 Å². The first kappa shape index (κ1) is 17.0. The van der Waals surface area contributed by atoms with Gasteiger partial charge in [0.2, 0.25) is 0 Å². The van der Waals surface area contributed by atoms with E-state index in [1.165, 1.54) is 6.07 Å². The molecule has 1 rings (SSSR count). The molecule has 0 heterocycles. The van der Waals surface area contributed by atoms with Crippen LogP contribution >= 0.6 is 50.1 Å². The van der Waals surface area contributed by atoms with Crippen molar-refractivity contribution in [3.05, 3.63) is 31.8 Å². The molecule has 0 aliphatic rings. The van der Waals surface area contributed by atoms with E-state index in [1.54, 1.807) is 12.1 Å². The largest absolute Gasteiger partial charge is 0.406 e. The highest BCUT2D eigenvalue weighted by molar-refractivity contribution is 14.1. The number of amides is 1. The van der Waals surface area contributed by atoms with Crippen molar-refractivity contribution in [2.45, 2.75) is 6.18 Å². The second kappa shape index (κ2) is 7.12. The second-order valence-electron chi connectivity index (χ2n) is 3.66. The molecule has 0 unspecified atom stereocenters. The van der Waals surface area contributed by atoms with Gasteiger partial charge in [-0.2, -0.15) is 13.2 Å². The lowest BCUT2D eigenvalue weighted by atomic mass is 10.2. The van der Waals surface area contributed by atoms with Gasteiger partial charge in [0.25, 0.3) is 5.91 Å². The fourth-order valence-corrected chi connectivity index (χ4v) is 2.53. The van der Waals surface area contributed by atoms with Crippen LogP contribution in [0, 0.1) is 3.57 Å². The molecule has 1 aromatic rings. The molecule has 0 atom stereocenters. The van der Waals surface area contributed by atoms with Crippen LogP contribution in [0.4, 0.5) is 13.2 Å². The van der Waals surface area contributed by atoms with E-state index < -0.39 is 18.6 Å². The van der Waals surface area contributed by atoms with Crippen molar-refractivity contribution in [2.75, 3.05) is 19.0 Å². The van der Waals surface area contributed by atoms with Crippen molar-refractivity contribution in [2.24, 2.45) is 0 Å². The van der Waals surface area contributed by atoms with Crippen LogP contribution < -0.4 is 0 Å². The Labute approximate surface area is 135 Å². The van der Waals surface area contributed by atoms with Crippen LogP contribution in [0.25, 0.3) is 0 Å². The molecule has 0 aliphatic carbocycles. The fraction of sp³-hybridized carbons (Fsp3) is 0.364. The molecule has 1 aromatic carbocycles. The number of hydrogen-bond acceptors (Lipinski definition) is 1. The molecule has 0 bridgehead atoms. The predicted molar refractivity (Wildman–Crippen MR) is 79.5 cm³/mol. The third-order valence-electron chi connectivity index (χ3n) is 2.17. The molecular formula is C11H9BrClF3INO. The van der Waals surface area contributed by atoms with Gasteiger partial charge in [0, 0.05) is 20.5 Å². The summed E-state index contributed by atoms with van der Waals surface area (Å²) in [5.74, 6) is -0.726. The lowest BCUT2D eigenvalue weighted by Gasteiger charge is -2.23. The number of alkyl halides is 4. The van der Waals surface area contributed by atoms with Gasteiger partial charge in [0.15, 0.2) is 0 Å². The van der Waals surface area contributed by atoms with Crippen LogP contribution in [0.3, 0.4) is 0 Å². The highest BCUT2D eigenvalue weighted by Crippen LogP contribution is 2.22. The molecule has 8 heteroatoms. The summed E-state index contributed by atoms with van der Waals surface area (Å²) in [7, 11) is 0. The van der Waals surface area contributed by atoms with E-state index in [1.807, 2.05) is 22.6 Å². The van der Waals surface area contributed by atoms with E-state index in [2.05, 4.69) is 15.9 Å². The van der Waals surface area contributed by atoms with E-state index in [9.17, 15) is 18.0 Å². The van der Waals surface area contributed by atoms with E-state index in [0.29, 0.717) is 12.9 Å². The lowest BCUT2D eigenvalue weighted by Crippen LogP contribution is -2.40. The van der Waals surface area contributed by atoms with Crippen molar-refractivity contribution in [3.8, 4) is 0 Å². The minimum Gasteiger partial charge on any atom is -0.328 e. The topological polar surface area (TPSA) is 20.3 Å². The van der Waals surface area contributed by atoms with E-state index in [-0.39, 0.29) is 18.0 Å². The summed E-state index contributed by atoms with van der Waals surface area (Å²) >= 11 is 10.6. The van der Waals surface area contributed by atoms with Crippen LogP contribution in [0.2, 0.25) is 0 Å². The number of rotatable bonds is 4. The maximum atomic E-state index is 12.4. The predicted octanol–water partition coefficient (Wildman–Crippen LogP) is 4.30. The van der Waals surface area contributed by atoms with Gasteiger partial charge >= 0.3 is 6.18 Å². The van der Waals surface area contributed by atoms with Gasteiger partial charge in [-0.25, -0.2) is 0 Å². The van der Waals surface area contributed by atoms with E-state index >= 15 is 0 Å². The van der Waals surface area contributed by atoms with Crippen molar-refractivity contribution in [3.63, 3.8) is 0 Å². The van der Waals surface area contributed by atoms with Gasteiger partial charge in [-0.1, -0.05) is 15.9 Å². The first-order valence-corrected chi connectivity index (χ1v) is 7.52. The molecule has 0 radical (unpaired) electrons. The number of nitrogens with zero attached hydrogens (tertiary/aromatic N) is 1.